The minimum Gasteiger partial charge on any atom is -0.380 e. The van der Waals surface area contributed by atoms with Crippen LogP contribution >= 0.6 is 0 Å². The van der Waals surface area contributed by atoms with E-state index < -0.39 is 0 Å². The highest BCUT2D eigenvalue weighted by Gasteiger charge is 2.25. The summed E-state index contributed by atoms with van der Waals surface area (Å²) < 4.78 is 0. The molecule has 0 saturated carbocycles. The number of fused-ring (bicyclic) bond motifs is 1. The fourth-order valence-corrected chi connectivity index (χ4v) is 2.63. The molecule has 0 amide bonds. The van der Waals surface area contributed by atoms with Crippen molar-refractivity contribution in [1.82, 2.24) is 9.88 Å². The average Bonchev–Trinajstić information content (AvgIpc) is 2.41. The molecule has 1 fully saturated rings. The minimum atomic E-state index is 0.608. The molecule has 3 nitrogen and oxygen atoms in total. The van der Waals surface area contributed by atoms with Crippen LogP contribution in [0, 0.1) is 0 Å². The Morgan fingerprint density at radius 2 is 2.16 bits per heavy atom. The van der Waals surface area contributed by atoms with Gasteiger partial charge in [0, 0.05) is 36.6 Å². The Labute approximate surface area is 114 Å². The molecule has 3 heteroatoms. The highest BCUT2D eigenvalue weighted by molar-refractivity contribution is 5.84. The molecule has 19 heavy (non-hydrogen) atoms. The van der Waals surface area contributed by atoms with E-state index in [9.17, 15) is 0 Å². The summed E-state index contributed by atoms with van der Waals surface area (Å²) in [6.45, 7) is 5.85. The Hall–Kier alpha value is -1.61. The number of hydrogen-bond acceptors (Lipinski definition) is 3. The van der Waals surface area contributed by atoms with Gasteiger partial charge in [-0.3, -0.25) is 9.88 Å². The van der Waals surface area contributed by atoms with Gasteiger partial charge in [0.15, 0.2) is 0 Å². The minimum absolute atomic E-state index is 0.608. The predicted octanol–water partition coefficient (Wildman–Crippen LogP) is 3.13. The van der Waals surface area contributed by atoms with Crippen molar-refractivity contribution < 1.29 is 0 Å². The predicted molar refractivity (Wildman–Crippen MR) is 80.5 cm³/mol. The zero-order valence-corrected chi connectivity index (χ0v) is 11.5. The molecule has 0 bridgehead atoms. The van der Waals surface area contributed by atoms with Gasteiger partial charge in [-0.1, -0.05) is 19.4 Å². The Balaban J connectivity index is 1.58. The van der Waals surface area contributed by atoms with Gasteiger partial charge in [0.1, 0.15) is 0 Å². The molecule has 100 valence electrons. The summed E-state index contributed by atoms with van der Waals surface area (Å²) in [5.74, 6) is 0. The number of pyridine rings is 1. The van der Waals surface area contributed by atoms with Gasteiger partial charge in [0.05, 0.1) is 6.04 Å². The molecule has 1 aromatic carbocycles. The van der Waals surface area contributed by atoms with Gasteiger partial charge in [-0.05, 0) is 36.6 Å². The van der Waals surface area contributed by atoms with Crippen LogP contribution in [0.25, 0.3) is 10.8 Å². The molecule has 1 N–H and O–H groups in total. The van der Waals surface area contributed by atoms with Crippen LogP contribution in [0.4, 0.5) is 5.69 Å². The molecule has 1 aliphatic rings. The second-order valence-electron chi connectivity index (χ2n) is 5.39. The third kappa shape index (κ3) is 2.87. The Morgan fingerprint density at radius 3 is 3.00 bits per heavy atom. The van der Waals surface area contributed by atoms with Crippen LogP contribution in [0.2, 0.25) is 0 Å². The van der Waals surface area contributed by atoms with Gasteiger partial charge in [-0.2, -0.15) is 0 Å². The summed E-state index contributed by atoms with van der Waals surface area (Å²) >= 11 is 0. The molecule has 1 aromatic heterocycles. The van der Waals surface area contributed by atoms with Gasteiger partial charge in [-0.25, -0.2) is 0 Å². The number of benzene rings is 1. The number of unbranched alkanes of at least 4 members (excludes halogenated alkanes) is 1. The van der Waals surface area contributed by atoms with Crippen molar-refractivity contribution in [2.45, 2.75) is 25.8 Å². The van der Waals surface area contributed by atoms with Crippen molar-refractivity contribution in [3.05, 3.63) is 36.7 Å². The van der Waals surface area contributed by atoms with Gasteiger partial charge in [0.25, 0.3) is 0 Å². The standard InChI is InChI=1S/C16H21N3/c1-2-3-8-19-11-16(12-19)18-15-5-4-14-10-17-7-6-13(14)9-15/h4-7,9-10,16,18H,2-3,8,11-12H2,1H3. The lowest BCUT2D eigenvalue weighted by Crippen LogP contribution is -2.54. The van der Waals surface area contributed by atoms with Crippen molar-refractivity contribution in [3.63, 3.8) is 0 Å². The topological polar surface area (TPSA) is 28.2 Å². The first kappa shape index (κ1) is 12.4. The Bertz CT molecular complexity index is 546. The summed E-state index contributed by atoms with van der Waals surface area (Å²) in [4.78, 5) is 6.66. The summed E-state index contributed by atoms with van der Waals surface area (Å²) in [6, 6.07) is 9.17. The lowest BCUT2D eigenvalue weighted by atomic mass is 10.1. The molecule has 1 aliphatic heterocycles. The molecule has 2 aromatic rings. The van der Waals surface area contributed by atoms with E-state index in [0.29, 0.717) is 6.04 Å². The number of anilines is 1. The number of rotatable bonds is 5. The molecule has 2 heterocycles. The second kappa shape index (κ2) is 5.57. The quantitative estimate of drug-likeness (QED) is 0.889. The molecule has 3 rings (SSSR count). The molecule has 0 aliphatic carbocycles. The van der Waals surface area contributed by atoms with Gasteiger partial charge in [0.2, 0.25) is 0 Å². The fraction of sp³-hybridized carbons (Fsp3) is 0.438. The van der Waals surface area contributed by atoms with Crippen LogP contribution in [0.15, 0.2) is 36.7 Å². The van der Waals surface area contributed by atoms with Crippen LogP contribution in [0.5, 0.6) is 0 Å². The molecule has 0 atom stereocenters. The third-order valence-electron chi connectivity index (χ3n) is 3.80. The van der Waals surface area contributed by atoms with Crippen molar-refractivity contribution in [2.75, 3.05) is 25.0 Å². The van der Waals surface area contributed by atoms with E-state index in [1.54, 1.807) is 0 Å². The van der Waals surface area contributed by atoms with E-state index in [-0.39, 0.29) is 0 Å². The van der Waals surface area contributed by atoms with Crippen molar-refractivity contribution in [3.8, 4) is 0 Å². The third-order valence-corrected chi connectivity index (χ3v) is 3.80. The number of hydrogen-bond donors (Lipinski definition) is 1. The summed E-state index contributed by atoms with van der Waals surface area (Å²) in [5.41, 5.74) is 1.22. The lowest BCUT2D eigenvalue weighted by molar-refractivity contribution is 0.159. The number of nitrogens with one attached hydrogen (secondary N) is 1. The maximum atomic E-state index is 4.14. The first-order valence-corrected chi connectivity index (χ1v) is 7.18. The van der Waals surface area contributed by atoms with Crippen LogP contribution in [-0.4, -0.2) is 35.6 Å². The summed E-state index contributed by atoms with van der Waals surface area (Å²) in [5, 5.41) is 6.07. The summed E-state index contributed by atoms with van der Waals surface area (Å²) in [6.07, 6.45) is 6.36. The zero-order valence-electron chi connectivity index (χ0n) is 11.5. The van der Waals surface area contributed by atoms with E-state index in [1.165, 1.54) is 48.9 Å². The number of aromatic nitrogens is 1. The molecular weight excluding hydrogens is 234 g/mol. The van der Waals surface area contributed by atoms with E-state index in [4.69, 9.17) is 0 Å². The largest absolute Gasteiger partial charge is 0.380 e. The van der Waals surface area contributed by atoms with Crippen molar-refractivity contribution >= 4 is 16.5 Å². The highest BCUT2D eigenvalue weighted by Crippen LogP contribution is 2.21. The zero-order chi connectivity index (χ0) is 13.1. The molecule has 0 radical (unpaired) electrons. The van der Waals surface area contributed by atoms with Gasteiger partial charge < -0.3 is 5.32 Å². The first-order valence-electron chi connectivity index (χ1n) is 7.18. The molecular formula is C16H21N3. The van der Waals surface area contributed by atoms with E-state index >= 15 is 0 Å². The summed E-state index contributed by atoms with van der Waals surface area (Å²) in [7, 11) is 0. The van der Waals surface area contributed by atoms with Crippen LogP contribution in [0.1, 0.15) is 19.8 Å². The maximum absolute atomic E-state index is 4.14. The monoisotopic (exact) mass is 255 g/mol. The van der Waals surface area contributed by atoms with Crippen LogP contribution in [0.3, 0.4) is 0 Å². The van der Waals surface area contributed by atoms with E-state index in [1.807, 2.05) is 12.4 Å². The van der Waals surface area contributed by atoms with Crippen molar-refractivity contribution in [1.29, 1.82) is 0 Å². The fourth-order valence-electron chi connectivity index (χ4n) is 2.63. The first-order chi connectivity index (χ1) is 9.35. The number of likely N-dealkylation sites (tertiary alicyclic amines) is 1. The molecule has 1 saturated heterocycles. The molecule has 0 unspecified atom stereocenters. The Morgan fingerprint density at radius 1 is 1.26 bits per heavy atom. The molecule has 0 spiro atoms. The van der Waals surface area contributed by atoms with Gasteiger partial charge in [-0.15, -0.1) is 0 Å². The highest BCUT2D eigenvalue weighted by atomic mass is 15.2. The van der Waals surface area contributed by atoms with Crippen LogP contribution in [-0.2, 0) is 0 Å². The van der Waals surface area contributed by atoms with E-state index in [0.717, 1.165) is 0 Å². The van der Waals surface area contributed by atoms with E-state index in [2.05, 4.69) is 46.4 Å². The SMILES string of the molecule is CCCCN1CC(Nc2ccc3cnccc3c2)C1. The maximum Gasteiger partial charge on any atom is 0.0515 e. The Kier molecular flexibility index (Phi) is 3.65. The van der Waals surface area contributed by atoms with Gasteiger partial charge >= 0.3 is 0 Å². The lowest BCUT2D eigenvalue weighted by Gasteiger charge is -2.40. The smallest absolute Gasteiger partial charge is 0.0515 e. The normalized spacial score (nSPS) is 16.5. The second-order valence-corrected chi connectivity index (χ2v) is 5.39. The van der Waals surface area contributed by atoms with Crippen LogP contribution < -0.4 is 5.32 Å². The average molecular weight is 255 g/mol. The van der Waals surface area contributed by atoms with Crippen molar-refractivity contribution in [2.24, 2.45) is 0 Å². The number of nitrogens with zero attached hydrogens (tertiary/aromatic N) is 2.